The molecular weight excluding hydrogens is 142 g/mol. The van der Waals surface area contributed by atoms with Crippen molar-refractivity contribution in [3.63, 3.8) is 0 Å². The number of hydrogen-bond donors (Lipinski definition) is 0. The molecule has 10 heavy (non-hydrogen) atoms. The van der Waals surface area contributed by atoms with Crippen LogP contribution in [-0.4, -0.2) is 0 Å². The molecule has 0 bridgehead atoms. The first-order valence-corrected chi connectivity index (χ1v) is 4.18. The largest absolute Gasteiger partial charge is 0.225 e. The highest BCUT2D eigenvalue weighted by molar-refractivity contribution is 7.09. The molecule has 0 aromatic carbocycles. The molecule has 0 saturated heterocycles. The maximum Gasteiger partial charge on any atom is 0.225 e. The van der Waals surface area contributed by atoms with E-state index in [4.69, 9.17) is 0 Å². The quantitative estimate of drug-likeness (QED) is 0.452. The van der Waals surface area contributed by atoms with Gasteiger partial charge in [-0.25, -0.2) is 0 Å². The first-order valence-electron chi connectivity index (χ1n) is 3.30. The van der Waals surface area contributed by atoms with Crippen molar-refractivity contribution in [2.24, 2.45) is 0 Å². The normalized spacial score (nSPS) is 9.80. The Morgan fingerprint density at radius 2 is 2.40 bits per heavy atom. The minimum absolute atomic E-state index is 0.927. The van der Waals surface area contributed by atoms with Gasteiger partial charge in [-0.15, -0.1) is 0 Å². The predicted molar refractivity (Wildman–Crippen MR) is 44.2 cm³/mol. The smallest absolute Gasteiger partial charge is 0.189 e. The van der Waals surface area contributed by atoms with Crippen LogP contribution >= 0.6 is 11.3 Å². The van der Waals surface area contributed by atoms with Gasteiger partial charge in [-0.2, -0.15) is 4.57 Å². The summed E-state index contributed by atoms with van der Waals surface area (Å²) in [6.07, 6.45) is 1.92. The zero-order valence-corrected chi connectivity index (χ0v) is 7.24. The summed E-state index contributed by atoms with van der Waals surface area (Å²) < 4.78 is 2.20. The zero-order chi connectivity index (χ0) is 7.56. The maximum atomic E-state index is 3.69. The molecule has 2 heteroatoms. The van der Waals surface area contributed by atoms with Crippen molar-refractivity contribution in [2.45, 2.75) is 20.4 Å². The molecule has 0 amide bonds. The molecule has 1 rings (SSSR count). The fourth-order valence-corrected chi connectivity index (χ4v) is 1.65. The molecule has 1 heterocycles. The molecule has 0 aliphatic carbocycles. The van der Waals surface area contributed by atoms with E-state index in [1.165, 1.54) is 10.6 Å². The van der Waals surface area contributed by atoms with Gasteiger partial charge in [-0.1, -0.05) is 17.9 Å². The number of rotatable bonds is 2. The summed E-state index contributed by atoms with van der Waals surface area (Å²) in [7, 11) is 0. The molecule has 0 atom stereocenters. The van der Waals surface area contributed by atoms with Gasteiger partial charge in [0.05, 0.1) is 4.88 Å². The Morgan fingerprint density at radius 1 is 1.70 bits per heavy atom. The van der Waals surface area contributed by atoms with Gasteiger partial charge in [0.2, 0.25) is 5.51 Å². The average molecular weight is 154 g/mol. The predicted octanol–water partition coefficient (Wildman–Crippen LogP) is 1.84. The fraction of sp³-hybridized carbons (Fsp3) is 0.375. The molecule has 0 N–H and O–H groups in total. The molecule has 0 fully saturated rings. The summed E-state index contributed by atoms with van der Waals surface area (Å²) in [5, 5.41) is 0. The molecule has 0 unspecified atom stereocenters. The number of aromatic nitrogens is 1. The van der Waals surface area contributed by atoms with E-state index in [2.05, 4.69) is 30.5 Å². The van der Waals surface area contributed by atoms with Crippen LogP contribution in [0.15, 0.2) is 18.2 Å². The van der Waals surface area contributed by atoms with Crippen molar-refractivity contribution in [3.05, 3.63) is 28.7 Å². The standard InChI is InChI=1S/C8H12NS/c1-4-5-9-6-10-8(3)7(9)2/h4,6H,1,5H2,2-3H3/q+1. The third-order valence-electron chi connectivity index (χ3n) is 1.62. The molecule has 0 saturated carbocycles. The van der Waals surface area contributed by atoms with Gasteiger partial charge in [0.25, 0.3) is 0 Å². The minimum Gasteiger partial charge on any atom is -0.189 e. The van der Waals surface area contributed by atoms with Crippen molar-refractivity contribution in [3.8, 4) is 0 Å². The van der Waals surface area contributed by atoms with E-state index >= 15 is 0 Å². The highest BCUT2D eigenvalue weighted by Gasteiger charge is 2.08. The molecule has 0 spiro atoms. The van der Waals surface area contributed by atoms with E-state index in [0.717, 1.165) is 6.54 Å². The number of nitrogens with zero attached hydrogens (tertiary/aromatic N) is 1. The van der Waals surface area contributed by atoms with E-state index in [1.807, 2.05) is 6.08 Å². The SMILES string of the molecule is C=CC[n+]1csc(C)c1C. The molecule has 1 nitrogen and oxygen atoms in total. The highest BCUT2D eigenvalue weighted by atomic mass is 32.1. The summed E-state index contributed by atoms with van der Waals surface area (Å²) in [5.74, 6) is 0. The third kappa shape index (κ3) is 1.27. The topological polar surface area (TPSA) is 3.88 Å². The Morgan fingerprint density at radius 3 is 2.80 bits per heavy atom. The molecule has 1 aromatic heterocycles. The lowest BCUT2D eigenvalue weighted by atomic mass is 10.4. The van der Waals surface area contributed by atoms with Gasteiger partial charge >= 0.3 is 0 Å². The van der Waals surface area contributed by atoms with Gasteiger partial charge < -0.3 is 0 Å². The third-order valence-corrected chi connectivity index (χ3v) is 2.63. The monoisotopic (exact) mass is 154 g/mol. The van der Waals surface area contributed by atoms with Gasteiger partial charge in [0, 0.05) is 6.92 Å². The van der Waals surface area contributed by atoms with E-state index in [1.54, 1.807) is 11.3 Å². The zero-order valence-electron chi connectivity index (χ0n) is 6.42. The van der Waals surface area contributed by atoms with E-state index in [0.29, 0.717) is 0 Å². The van der Waals surface area contributed by atoms with E-state index < -0.39 is 0 Å². The van der Waals surface area contributed by atoms with Crippen LogP contribution in [0, 0.1) is 13.8 Å². The van der Waals surface area contributed by atoms with Crippen LogP contribution in [0.3, 0.4) is 0 Å². The average Bonchev–Trinajstić information content (AvgIpc) is 2.20. The van der Waals surface area contributed by atoms with Crippen LogP contribution in [-0.2, 0) is 6.54 Å². The Bertz CT molecular complexity index is 237. The van der Waals surface area contributed by atoms with Crippen LogP contribution in [0.5, 0.6) is 0 Å². The summed E-state index contributed by atoms with van der Waals surface area (Å²) in [6.45, 7) is 8.89. The van der Waals surface area contributed by atoms with Crippen molar-refractivity contribution in [1.29, 1.82) is 0 Å². The number of thiazole rings is 1. The number of hydrogen-bond acceptors (Lipinski definition) is 1. The van der Waals surface area contributed by atoms with E-state index in [9.17, 15) is 0 Å². The molecule has 1 aromatic rings. The van der Waals surface area contributed by atoms with Gasteiger partial charge in [-0.05, 0) is 13.0 Å². The van der Waals surface area contributed by atoms with Crippen LogP contribution in [0.2, 0.25) is 0 Å². The summed E-state index contributed by atoms with van der Waals surface area (Å²) in [6, 6.07) is 0. The second kappa shape index (κ2) is 2.97. The van der Waals surface area contributed by atoms with Crippen LogP contribution in [0.1, 0.15) is 10.6 Å². The van der Waals surface area contributed by atoms with Gasteiger partial charge in [0.1, 0.15) is 0 Å². The molecule has 0 aliphatic heterocycles. The minimum atomic E-state index is 0.927. The Labute approximate surface area is 65.6 Å². The van der Waals surface area contributed by atoms with Crippen LogP contribution in [0.25, 0.3) is 0 Å². The lowest BCUT2D eigenvalue weighted by molar-refractivity contribution is -0.688. The second-order valence-corrected chi connectivity index (χ2v) is 3.36. The molecule has 0 aliphatic rings. The Balaban J connectivity index is 2.93. The first-order chi connectivity index (χ1) is 4.75. The van der Waals surface area contributed by atoms with Crippen molar-refractivity contribution < 1.29 is 4.57 Å². The lowest BCUT2D eigenvalue weighted by Crippen LogP contribution is -2.32. The second-order valence-electron chi connectivity index (χ2n) is 2.31. The van der Waals surface area contributed by atoms with Crippen molar-refractivity contribution in [1.82, 2.24) is 0 Å². The Hall–Kier alpha value is -0.630. The van der Waals surface area contributed by atoms with Crippen LogP contribution < -0.4 is 4.57 Å². The molecular formula is C8H12NS+. The van der Waals surface area contributed by atoms with Crippen molar-refractivity contribution in [2.75, 3.05) is 0 Å². The summed E-state index contributed by atoms with van der Waals surface area (Å²) >= 11 is 1.79. The summed E-state index contributed by atoms with van der Waals surface area (Å²) in [4.78, 5) is 1.39. The number of aryl methyl sites for hydroxylation is 1. The molecule has 0 radical (unpaired) electrons. The fourth-order valence-electron chi connectivity index (χ4n) is 0.828. The maximum absolute atomic E-state index is 3.69. The van der Waals surface area contributed by atoms with Crippen molar-refractivity contribution >= 4 is 11.3 Å². The van der Waals surface area contributed by atoms with E-state index in [-0.39, 0.29) is 0 Å². The summed E-state index contributed by atoms with van der Waals surface area (Å²) in [5.41, 5.74) is 3.48. The van der Waals surface area contributed by atoms with Crippen LogP contribution in [0.4, 0.5) is 0 Å². The lowest BCUT2D eigenvalue weighted by Gasteiger charge is -1.86. The number of allylic oxidation sites excluding steroid dienone is 1. The first kappa shape index (κ1) is 7.48. The molecule has 54 valence electrons. The van der Waals surface area contributed by atoms with Gasteiger partial charge in [-0.3, -0.25) is 0 Å². The highest BCUT2D eigenvalue weighted by Crippen LogP contribution is 2.07. The Kier molecular flexibility index (Phi) is 2.22. The van der Waals surface area contributed by atoms with Gasteiger partial charge in [0.15, 0.2) is 12.2 Å².